The summed E-state index contributed by atoms with van der Waals surface area (Å²) in [5.74, 6) is 0. The number of allylic oxidation sites excluding steroid dienone is 3. The van der Waals surface area contributed by atoms with Gasteiger partial charge in [-0.2, -0.15) is 0 Å². The minimum absolute atomic E-state index is 0.770. The van der Waals surface area contributed by atoms with Crippen molar-refractivity contribution in [2.45, 2.75) is 58.5 Å². The van der Waals surface area contributed by atoms with Crippen molar-refractivity contribution in [2.24, 2.45) is 0 Å². The molecule has 0 aromatic heterocycles. The largest absolute Gasteiger partial charge is 0.381 e. The third-order valence-electron chi connectivity index (χ3n) is 3.34. The molecule has 1 aliphatic rings. The molecule has 90 valence electrons. The van der Waals surface area contributed by atoms with E-state index >= 15 is 0 Å². The first kappa shape index (κ1) is 13.2. The minimum atomic E-state index is -0.770. The predicted molar refractivity (Wildman–Crippen MR) is 70.4 cm³/mol. The zero-order valence-corrected chi connectivity index (χ0v) is 10.8. The summed E-state index contributed by atoms with van der Waals surface area (Å²) in [5, 5.41) is 10.7. The lowest BCUT2D eigenvalue weighted by Gasteiger charge is -2.31. The Balaban J connectivity index is 2.97. The van der Waals surface area contributed by atoms with E-state index in [4.69, 9.17) is 0 Å². The maximum absolute atomic E-state index is 10.7. The third kappa shape index (κ3) is 3.08. The molecular weight excluding hydrogens is 196 g/mol. The highest BCUT2D eigenvalue weighted by molar-refractivity contribution is 5.35. The molecule has 0 aromatic rings. The molecule has 0 saturated heterocycles. The first-order chi connectivity index (χ1) is 7.48. The van der Waals surface area contributed by atoms with Gasteiger partial charge in [0.15, 0.2) is 0 Å². The van der Waals surface area contributed by atoms with E-state index in [2.05, 4.69) is 19.6 Å². The number of hydrogen-bond donors (Lipinski definition) is 1. The van der Waals surface area contributed by atoms with Crippen molar-refractivity contribution >= 4 is 0 Å². The summed E-state index contributed by atoms with van der Waals surface area (Å²) in [7, 11) is 0. The Hall–Kier alpha value is -0.820. The van der Waals surface area contributed by atoms with E-state index in [1.165, 1.54) is 18.4 Å². The normalized spacial score (nSPS) is 21.2. The van der Waals surface area contributed by atoms with Gasteiger partial charge in [-0.3, -0.25) is 0 Å². The van der Waals surface area contributed by atoms with Crippen LogP contribution in [0.1, 0.15) is 52.9 Å². The molecule has 0 amide bonds. The molecule has 1 N–H and O–H groups in total. The molecule has 1 rings (SSSR count). The standard InChI is InChI=1S/C15H24O/c1-5-13(11-12(2)3)15(4,16)14-9-7-6-8-10-14/h9,11,16H,2,5-8,10H2,1,3-4H3/b13-11+. The summed E-state index contributed by atoms with van der Waals surface area (Å²) < 4.78 is 0. The molecule has 1 atom stereocenters. The molecule has 0 aliphatic heterocycles. The number of aliphatic hydroxyl groups is 1. The fraction of sp³-hybridized carbons (Fsp3) is 0.600. The van der Waals surface area contributed by atoms with Gasteiger partial charge in [0.2, 0.25) is 0 Å². The molecule has 0 spiro atoms. The minimum Gasteiger partial charge on any atom is -0.381 e. The smallest absolute Gasteiger partial charge is 0.104 e. The van der Waals surface area contributed by atoms with Gasteiger partial charge in [-0.15, -0.1) is 0 Å². The lowest BCUT2D eigenvalue weighted by atomic mass is 9.80. The van der Waals surface area contributed by atoms with E-state index in [0.29, 0.717) is 0 Å². The van der Waals surface area contributed by atoms with Crippen molar-refractivity contribution < 1.29 is 5.11 Å². The van der Waals surface area contributed by atoms with Gasteiger partial charge in [0.1, 0.15) is 5.60 Å². The molecule has 16 heavy (non-hydrogen) atoms. The molecular formula is C15H24O. The van der Waals surface area contributed by atoms with Crippen LogP contribution in [0.15, 0.2) is 35.5 Å². The topological polar surface area (TPSA) is 20.2 Å². The van der Waals surface area contributed by atoms with E-state index in [9.17, 15) is 5.11 Å². The fourth-order valence-electron chi connectivity index (χ4n) is 2.37. The summed E-state index contributed by atoms with van der Waals surface area (Å²) in [4.78, 5) is 0. The van der Waals surface area contributed by atoms with Crippen LogP contribution in [0.2, 0.25) is 0 Å². The number of hydrogen-bond acceptors (Lipinski definition) is 1. The summed E-state index contributed by atoms with van der Waals surface area (Å²) in [6.45, 7) is 9.88. The van der Waals surface area contributed by atoms with Crippen LogP contribution >= 0.6 is 0 Å². The summed E-state index contributed by atoms with van der Waals surface area (Å²) in [6, 6.07) is 0. The molecule has 1 heteroatoms. The van der Waals surface area contributed by atoms with Gasteiger partial charge in [-0.25, -0.2) is 0 Å². The lowest BCUT2D eigenvalue weighted by Crippen LogP contribution is -2.30. The van der Waals surface area contributed by atoms with Crippen molar-refractivity contribution in [2.75, 3.05) is 0 Å². The molecule has 0 aromatic carbocycles. The first-order valence-corrected chi connectivity index (χ1v) is 6.27. The molecule has 0 saturated carbocycles. The Bertz CT molecular complexity index is 318. The average molecular weight is 220 g/mol. The second kappa shape index (κ2) is 5.49. The Labute approximate surface area is 99.6 Å². The van der Waals surface area contributed by atoms with E-state index in [-0.39, 0.29) is 0 Å². The van der Waals surface area contributed by atoms with Crippen LogP contribution < -0.4 is 0 Å². The van der Waals surface area contributed by atoms with Crippen LogP contribution in [0.5, 0.6) is 0 Å². The molecule has 0 radical (unpaired) electrons. The fourth-order valence-corrected chi connectivity index (χ4v) is 2.37. The Morgan fingerprint density at radius 2 is 2.25 bits per heavy atom. The zero-order valence-electron chi connectivity index (χ0n) is 10.8. The van der Waals surface area contributed by atoms with Crippen LogP contribution in [0.4, 0.5) is 0 Å². The number of rotatable bonds is 4. The van der Waals surface area contributed by atoms with Crippen molar-refractivity contribution in [3.8, 4) is 0 Å². The van der Waals surface area contributed by atoms with Crippen molar-refractivity contribution in [1.29, 1.82) is 0 Å². The average Bonchev–Trinajstić information content (AvgIpc) is 2.26. The SMILES string of the molecule is C=C(C)/C=C(\CC)C(C)(O)C1=CCCCC1. The lowest BCUT2D eigenvalue weighted by molar-refractivity contribution is 0.128. The maximum Gasteiger partial charge on any atom is 0.104 e. The highest BCUT2D eigenvalue weighted by Crippen LogP contribution is 2.34. The highest BCUT2D eigenvalue weighted by Gasteiger charge is 2.29. The second-order valence-corrected chi connectivity index (χ2v) is 4.92. The molecule has 0 fully saturated rings. The van der Waals surface area contributed by atoms with Crippen LogP contribution in [0.25, 0.3) is 0 Å². The Morgan fingerprint density at radius 1 is 1.56 bits per heavy atom. The Morgan fingerprint density at radius 3 is 2.69 bits per heavy atom. The van der Waals surface area contributed by atoms with Crippen molar-refractivity contribution in [3.63, 3.8) is 0 Å². The summed E-state index contributed by atoms with van der Waals surface area (Å²) >= 11 is 0. The van der Waals surface area contributed by atoms with Gasteiger partial charge in [-0.1, -0.05) is 31.2 Å². The van der Waals surface area contributed by atoms with Crippen LogP contribution in [-0.2, 0) is 0 Å². The van der Waals surface area contributed by atoms with Crippen molar-refractivity contribution in [1.82, 2.24) is 0 Å². The van der Waals surface area contributed by atoms with E-state index < -0.39 is 5.60 Å². The first-order valence-electron chi connectivity index (χ1n) is 6.27. The Kier molecular flexibility index (Phi) is 4.55. The second-order valence-electron chi connectivity index (χ2n) is 4.92. The molecule has 0 bridgehead atoms. The van der Waals surface area contributed by atoms with Crippen LogP contribution in [-0.4, -0.2) is 10.7 Å². The molecule has 0 heterocycles. The zero-order chi connectivity index (χ0) is 12.2. The third-order valence-corrected chi connectivity index (χ3v) is 3.34. The molecule has 1 aliphatic carbocycles. The highest BCUT2D eigenvalue weighted by atomic mass is 16.3. The molecule has 1 unspecified atom stereocenters. The quantitative estimate of drug-likeness (QED) is 0.557. The van der Waals surface area contributed by atoms with Gasteiger partial charge in [-0.05, 0) is 57.1 Å². The van der Waals surface area contributed by atoms with E-state index in [1.807, 2.05) is 19.9 Å². The molecule has 1 nitrogen and oxygen atoms in total. The van der Waals surface area contributed by atoms with Crippen LogP contribution in [0, 0.1) is 0 Å². The van der Waals surface area contributed by atoms with Gasteiger partial charge in [0, 0.05) is 0 Å². The monoisotopic (exact) mass is 220 g/mol. The maximum atomic E-state index is 10.7. The van der Waals surface area contributed by atoms with Gasteiger partial charge < -0.3 is 5.11 Å². The van der Waals surface area contributed by atoms with E-state index in [1.54, 1.807) is 0 Å². The van der Waals surface area contributed by atoms with Crippen LogP contribution in [0.3, 0.4) is 0 Å². The predicted octanol–water partition coefficient (Wildman–Crippen LogP) is 4.15. The van der Waals surface area contributed by atoms with Crippen molar-refractivity contribution in [3.05, 3.63) is 35.5 Å². The summed E-state index contributed by atoms with van der Waals surface area (Å²) in [6.07, 6.45) is 9.70. The van der Waals surface area contributed by atoms with Gasteiger partial charge in [0.05, 0.1) is 0 Å². The summed E-state index contributed by atoms with van der Waals surface area (Å²) in [5.41, 5.74) is 2.50. The van der Waals surface area contributed by atoms with E-state index in [0.717, 1.165) is 30.4 Å². The van der Waals surface area contributed by atoms with Gasteiger partial charge >= 0.3 is 0 Å². The van der Waals surface area contributed by atoms with Gasteiger partial charge in [0.25, 0.3) is 0 Å².